The van der Waals surface area contributed by atoms with Crippen LogP contribution in [0.2, 0.25) is 5.28 Å². The van der Waals surface area contributed by atoms with Crippen molar-refractivity contribution < 1.29 is 4.92 Å². The highest BCUT2D eigenvalue weighted by Crippen LogP contribution is 2.29. The Hall–Kier alpha value is -1.43. The van der Waals surface area contributed by atoms with Gasteiger partial charge in [-0.2, -0.15) is 4.98 Å². The summed E-state index contributed by atoms with van der Waals surface area (Å²) in [6, 6.07) is 0. The zero-order valence-electron chi connectivity index (χ0n) is 9.47. The minimum absolute atomic E-state index is 0.0452. The zero-order chi connectivity index (χ0) is 12.4. The highest BCUT2D eigenvalue weighted by molar-refractivity contribution is 6.28. The molecule has 0 spiro atoms. The minimum Gasteiger partial charge on any atom is -0.350 e. The van der Waals surface area contributed by atoms with Crippen molar-refractivity contribution >= 4 is 23.1 Å². The van der Waals surface area contributed by atoms with Gasteiger partial charge in [-0.3, -0.25) is 10.1 Å². The molecule has 1 fully saturated rings. The molecule has 1 atom stereocenters. The third-order valence-electron chi connectivity index (χ3n) is 2.87. The summed E-state index contributed by atoms with van der Waals surface area (Å²) in [7, 11) is 0. The molecule has 1 unspecified atom stereocenters. The molecule has 1 aromatic rings. The lowest BCUT2D eigenvalue weighted by Gasteiger charge is -2.31. The molecule has 1 saturated heterocycles. The molecule has 0 saturated carbocycles. The Labute approximate surface area is 104 Å². The molecule has 0 aliphatic carbocycles. The number of rotatable bonds is 2. The average Bonchev–Trinajstić information content (AvgIpc) is 2.28. The average molecular weight is 257 g/mol. The SMILES string of the molecule is CC1CCCN(c2nc(Cl)ncc2[N+](=O)[O-])C1. The maximum Gasteiger partial charge on any atom is 0.329 e. The molecule has 0 N–H and O–H groups in total. The maximum absolute atomic E-state index is 10.9. The van der Waals surface area contributed by atoms with Crippen LogP contribution < -0.4 is 4.90 Å². The quantitative estimate of drug-likeness (QED) is 0.461. The van der Waals surface area contributed by atoms with Gasteiger partial charge in [-0.1, -0.05) is 6.92 Å². The fraction of sp³-hybridized carbons (Fsp3) is 0.600. The fourth-order valence-corrected chi connectivity index (χ4v) is 2.22. The topological polar surface area (TPSA) is 72.2 Å². The maximum atomic E-state index is 10.9. The molecule has 6 nitrogen and oxygen atoms in total. The fourth-order valence-electron chi connectivity index (χ4n) is 2.09. The van der Waals surface area contributed by atoms with Crippen molar-refractivity contribution in [3.8, 4) is 0 Å². The normalized spacial score (nSPS) is 20.4. The summed E-state index contributed by atoms with van der Waals surface area (Å²) in [5.74, 6) is 0.846. The Kier molecular flexibility index (Phi) is 3.42. The number of piperidine rings is 1. The molecular weight excluding hydrogens is 244 g/mol. The van der Waals surface area contributed by atoms with E-state index in [4.69, 9.17) is 11.6 Å². The van der Waals surface area contributed by atoms with E-state index in [1.54, 1.807) is 0 Å². The molecule has 1 aromatic heterocycles. The molecule has 0 aromatic carbocycles. The van der Waals surface area contributed by atoms with Gasteiger partial charge in [0, 0.05) is 13.1 Å². The van der Waals surface area contributed by atoms with E-state index in [1.165, 1.54) is 6.20 Å². The number of aromatic nitrogens is 2. The van der Waals surface area contributed by atoms with Gasteiger partial charge in [0.1, 0.15) is 6.20 Å². The summed E-state index contributed by atoms with van der Waals surface area (Å²) in [4.78, 5) is 20.0. The summed E-state index contributed by atoms with van der Waals surface area (Å²) < 4.78 is 0. The number of anilines is 1. The van der Waals surface area contributed by atoms with Crippen molar-refractivity contribution in [2.24, 2.45) is 5.92 Å². The van der Waals surface area contributed by atoms with Crippen LogP contribution in [0.1, 0.15) is 19.8 Å². The van der Waals surface area contributed by atoms with Crippen LogP contribution in [0.25, 0.3) is 0 Å². The summed E-state index contributed by atoms with van der Waals surface area (Å²) >= 11 is 5.71. The van der Waals surface area contributed by atoms with Crippen molar-refractivity contribution in [1.29, 1.82) is 0 Å². The Morgan fingerprint density at radius 1 is 1.65 bits per heavy atom. The molecule has 1 aliphatic rings. The van der Waals surface area contributed by atoms with Crippen LogP contribution in [-0.2, 0) is 0 Å². The molecule has 0 amide bonds. The van der Waals surface area contributed by atoms with Crippen molar-refractivity contribution in [3.63, 3.8) is 0 Å². The Morgan fingerprint density at radius 3 is 3.06 bits per heavy atom. The second-order valence-corrected chi connectivity index (χ2v) is 4.64. The van der Waals surface area contributed by atoms with Crippen LogP contribution >= 0.6 is 11.6 Å². The molecule has 0 bridgehead atoms. The number of hydrogen-bond acceptors (Lipinski definition) is 5. The van der Waals surface area contributed by atoms with Crippen LogP contribution in [0.5, 0.6) is 0 Å². The van der Waals surface area contributed by atoms with Gasteiger partial charge in [0.25, 0.3) is 0 Å². The first-order valence-electron chi connectivity index (χ1n) is 5.50. The Balaban J connectivity index is 2.35. The summed E-state index contributed by atoms with van der Waals surface area (Å²) in [6.45, 7) is 3.67. The monoisotopic (exact) mass is 256 g/mol. The Morgan fingerprint density at radius 2 is 2.41 bits per heavy atom. The van der Waals surface area contributed by atoms with Gasteiger partial charge >= 0.3 is 5.69 Å². The molecule has 2 rings (SSSR count). The van der Waals surface area contributed by atoms with E-state index in [9.17, 15) is 10.1 Å². The number of hydrogen-bond donors (Lipinski definition) is 0. The molecule has 2 heterocycles. The lowest BCUT2D eigenvalue weighted by atomic mass is 10.0. The molecule has 1 aliphatic heterocycles. The van der Waals surface area contributed by atoms with Gasteiger partial charge in [0.05, 0.1) is 4.92 Å². The van der Waals surface area contributed by atoms with Gasteiger partial charge in [-0.05, 0) is 30.4 Å². The van der Waals surface area contributed by atoms with E-state index in [0.717, 1.165) is 25.9 Å². The molecule has 0 radical (unpaired) electrons. The van der Waals surface area contributed by atoms with Crippen molar-refractivity contribution in [2.45, 2.75) is 19.8 Å². The van der Waals surface area contributed by atoms with Gasteiger partial charge in [0.2, 0.25) is 11.1 Å². The van der Waals surface area contributed by atoms with Crippen LogP contribution in [0.4, 0.5) is 11.5 Å². The van der Waals surface area contributed by atoms with Gasteiger partial charge in [-0.25, -0.2) is 4.98 Å². The standard InChI is InChI=1S/C10H13ClN4O2/c1-7-3-2-4-14(6-7)9-8(15(16)17)5-12-10(11)13-9/h5,7H,2-4,6H2,1H3. The van der Waals surface area contributed by atoms with Crippen LogP contribution in [0.3, 0.4) is 0 Å². The molecule has 17 heavy (non-hydrogen) atoms. The third kappa shape index (κ3) is 2.63. The van der Waals surface area contributed by atoms with E-state index in [1.807, 2.05) is 4.90 Å². The second kappa shape index (κ2) is 4.83. The van der Waals surface area contributed by atoms with Gasteiger partial charge in [0.15, 0.2) is 0 Å². The Bertz CT molecular complexity index is 440. The summed E-state index contributed by atoms with van der Waals surface area (Å²) in [6.07, 6.45) is 3.33. The molecule has 7 heteroatoms. The van der Waals surface area contributed by atoms with E-state index in [-0.39, 0.29) is 11.0 Å². The van der Waals surface area contributed by atoms with E-state index >= 15 is 0 Å². The highest BCUT2D eigenvalue weighted by Gasteiger charge is 2.25. The smallest absolute Gasteiger partial charge is 0.329 e. The van der Waals surface area contributed by atoms with E-state index in [2.05, 4.69) is 16.9 Å². The first-order chi connectivity index (χ1) is 8.08. The first kappa shape index (κ1) is 12.0. The minimum atomic E-state index is -0.467. The van der Waals surface area contributed by atoms with Crippen LogP contribution in [-0.4, -0.2) is 28.0 Å². The predicted molar refractivity (Wildman–Crippen MR) is 64.3 cm³/mol. The number of halogens is 1. The van der Waals surface area contributed by atoms with E-state index < -0.39 is 4.92 Å². The van der Waals surface area contributed by atoms with Gasteiger partial charge in [-0.15, -0.1) is 0 Å². The predicted octanol–water partition coefficient (Wildman–Crippen LogP) is 2.27. The van der Waals surface area contributed by atoms with Crippen LogP contribution in [0.15, 0.2) is 6.20 Å². The third-order valence-corrected chi connectivity index (χ3v) is 3.06. The van der Waals surface area contributed by atoms with Crippen LogP contribution in [0, 0.1) is 16.0 Å². The van der Waals surface area contributed by atoms with Crippen molar-refractivity contribution in [2.75, 3.05) is 18.0 Å². The van der Waals surface area contributed by atoms with Crippen molar-refractivity contribution in [1.82, 2.24) is 9.97 Å². The summed E-state index contributed by atoms with van der Waals surface area (Å²) in [5, 5.41) is 11.0. The number of nitrogens with zero attached hydrogens (tertiary/aromatic N) is 4. The lowest BCUT2D eigenvalue weighted by Crippen LogP contribution is -2.35. The molecule has 92 valence electrons. The van der Waals surface area contributed by atoms with E-state index in [0.29, 0.717) is 11.7 Å². The zero-order valence-corrected chi connectivity index (χ0v) is 10.2. The second-order valence-electron chi connectivity index (χ2n) is 4.30. The summed E-state index contributed by atoms with van der Waals surface area (Å²) in [5.41, 5.74) is -0.0801. The number of nitro groups is 1. The highest BCUT2D eigenvalue weighted by atomic mass is 35.5. The largest absolute Gasteiger partial charge is 0.350 e. The lowest BCUT2D eigenvalue weighted by molar-refractivity contribution is -0.384. The van der Waals surface area contributed by atoms with Gasteiger partial charge < -0.3 is 4.90 Å². The molecular formula is C10H13ClN4O2. The van der Waals surface area contributed by atoms with Crippen molar-refractivity contribution in [3.05, 3.63) is 21.6 Å². The first-order valence-corrected chi connectivity index (χ1v) is 5.87.